The van der Waals surface area contributed by atoms with E-state index in [0.717, 1.165) is 18.2 Å². The van der Waals surface area contributed by atoms with Gasteiger partial charge in [0.2, 0.25) is 11.6 Å². The number of anilines is 2. The summed E-state index contributed by atoms with van der Waals surface area (Å²) in [7, 11) is -9.75. The van der Waals surface area contributed by atoms with Gasteiger partial charge < -0.3 is 15.9 Å². The van der Waals surface area contributed by atoms with E-state index >= 15 is 0 Å². The van der Waals surface area contributed by atoms with Crippen molar-refractivity contribution in [2.24, 2.45) is 15.3 Å². The Morgan fingerprint density at radius 3 is 2.00 bits per heavy atom. The van der Waals surface area contributed by atoms with Gasteiger partial charge in [-0.25, -0.2) is 9.59 Å². The molecule has 0 aromatic heterocycles. The summed E-state index contributed by atoms with van der Waals surface area (Å²) in [4.78, 5) is 35.1. The van der Waals surface area contributed by atoms with Crippen molar-refractivity contribution < 1.29 is 50.5 Å². The van der Waals surface area contributed by atoms with Gasteiger partial charge >= 0.3 is 11.9 Å². The maximum atomic E-state index is 13.3. The van der Waals surface area contributed by atoms with Crippen LogP contribution in [0, 0.1) is 0 Å². The number of Topliss-reactive ketones (excluding diaryl/α,β-unsaturated/α-hetero) is 1. The smallest absolute Gasteiger partial charge is 0.338 e. The number of ketones is 1. The van der Waals surface area contributed by atoms with Crippen molar-refractivity contribution in [2.45, 2.75) is 9.79 Å². The second-order valence-electron chi connectivity index (χ2n) is 7.58. The number of benzene rings is 3. The lowest BCUT2D eigenvalue weighted by Gasteiger charge is -2.11. The standard InChI is InChI=1S/C22H17N5O11S2/c23-18-16(40(36,37)38)9-7-13(17(18)22(31)32)19(28)20(26-24-11-4-2-1-3-5-11)27-25-15-8-6-12(39(33,34)35)10-14(15)21(29)30/h1-10,24H,23H2,(H,29,30)(H,31,32)(H,33,34,35)(H,36,37,38). The first-order valence-corrected chi connectivity index (χ1v) is 13.3. The fourth-order valence-electron chi connectivity index (χ4n) is 3.15. The molecule has 0 amide bonds. The van der Waals surface area contributed by atoms with Crippen LogP contribution >= 0.6 is 0 Å². The number of amidine groups is 1. The average Bonchev–Trinajstić information content (AvgIpc) is 2.87. The molecule has 40 heavy (non-hydrogen) atoms. The van der Waals surface area contributed by atoms with Crippen molar-refractivity contribution in [3.8, 4) is 0 Å². The van der Waals surface area contributed by atoms with Crippen LogP contribution < -0.4 is 11.2 Å². The Morgan fingerprint density at radius 1 is 0.800 bits per heavy atom. The Morgan fingerprint density at radius 2 is 1.45 bits per heavy atom. The van der Waals surface area contributed by atoms with Crippen LogP contribution in [0.25, 0.3) is 0 Å². The molecule has 0 atom stereocenters. The Kier molecular flexibility index (Phi) is 8.39. The van der Waals surface area contributed by atoms with Gasteiger partial charge in [-0.15, -0.1) is 15.3 Å². The van der Waals surface area contributed by atoms with Crippen molar-refractivity contribution >= 4 is 60.9 Å². The minimum Gasteiger partial charge on any atom is -0.478 e. The minimum absolute atomic E-state index is 0.325. The van der Waals surface area contributed by atoms with Gasteiger partial charge in [-0.05, 0) is 42.5 Å². The second kappa shape index (κ2) is 11.4. The average molecular weight is 592 g/mol. The van der Waals surface area contributed by atoms with E-state index in [4.69, 9.17) is 5.73 Å². The molecule has 0 bridgehead atoms. The van der Waals surface area contributed by atoms with Crippen LogP contribution in [0.4, 0.5) is 17.1 Å². The Hall–Kier alpha value is -5.04. The fourth-order valence-corrected chi connectivity index (χ4v) is 4.28. The van der Waals surface area contributed by atoms with Crippen LogP contribution in [0.15, 0.2) is 85.8 Å². The highest BCUT2D eigenvalue weighted by Gasteiger charge is 2.28. The van der Waals surface area contributed by atoms with Crippen molar-refractivity contribution in [3.63, 3.8) is 0 Å². The number of aromatic carboxylic acids is 2. The van der Waals surface area contributed by atoms with E-state index < -0.39 is 81.6 Å². The lowest BCUT2D eigenvalue weighted by Crippen LogP contribution is -2.20. The topological polar surface area (TPSA) is 276 Å². The van der Waals surface area contributed by atoms with Gasteiger partial charge in [0.1, 0.15) is 10.6 Å². The first-order valence-electron chi connectivity index (χ1n) is 10.4. The number of hydrogen-bond donors (Lipinski definition) is 6. The van der Waals surface area contributed by atoms with Gasteiger partial charge in [0.25, 0.3) is 20.2 Å². The quantitative estimate of drug-likeness (QED) is 0.0397. The molecule has 16 nitrogen and oxygen atoms in total. The highest BCUT2D eigenvalue weighted by Crippen LogP contribution is 2.28. The van der Waals surface area contributed by atoms with Crippen LogP contribution in [0.2, 0.25) is 0 Å². The van der Waals surface area contributed by atoms with Crippen molar-refractivity contribution in [1.29, 1.82) is 0 Å². The van der Waals surface area contributed by atoms with Crippen molar-refractivity contribution in [1.82, 2.24) is 0 Å². The van der Waals surface area contributed by atoms with Crippen LogP contribution in [-0.4, -0.2) is 59.7 Å². The lowest BCUT2D eigenvalue weighted by atomic mass is 10.0. The van der Waals surface area contributed by atoms with Crippen LogP contribution in [-0.2, 0) is 20.2 Å². The predicted octanol–water partition coefficient (Wildman–Crippen LogP) is 2.55. The molecule has 0 radical (unpaired) electrons. The molecule has 0 unspecified atom stereocenters. The molecule has 0 aliphatic rings. The maximum Gasteiger partial charge on any atom is 0.338 e. The molecular weight excluding hydrogens is 574 g/mol. The molecule has 0 saturated carbocycles. The monoisotopic (exact) mass is 591 g/mol. The van der Waals surface area contributed by atoms with Gasteiger partial charge in [0, 0.05) is 5.56 Å². The van der Waals surface area contributed by atoms with Gasteiger partial charge in [0.15, 0.2) is 0 Å². The van der Waals surface area contributed by atoms with Gasteiger partial charge in [-0.3, -0.25) is 19.3 Å². The van der Waals surface area contributed by atoms with E-state index in [2.05, 4.69) is 20.8 Å². The molecule has 0 aliphatic heterocycles. The predicted molar refractivity (Wildman–Crippen MR) is 137 cm³/mol. The minimum atomic E-state index is -4.97. The van der Waals surface area contributed by atoms with E-state index in [1.807, 2.05) is 0 Å². The molecule has 0 saturated heterocycles. The van der Waals surface area contributed by atoms with Gasteiger partial charge in [-0.1, -0.05) is 18.2 Å². The number of carbonyl (C=O) groups is 3. The number of nitrogens with zero attached hydrogens (tertiary/aromatic N) is 3. The summed E-state index contributed by atoms with van der Waals surface area (Å²) < 4.78 is 64.4. The number of nitrogen functional groups attached to an aromatic ring is 1. The third kappa shape index (κ3) is 6.69. The van der Waals surface area contributed by atoms with Crippen molar-refractivity contribution in [3.05, 3.63) is 77.4 Å². The third-order valence-corrected chi connectivity index (χ3v) is 6.72. The molecule has 0 heterocycles. The molecular formula is C22H17N5O11S2. The Labute approximate surface area is 225 Å². The summed E-state index contributed by atoms with van der Waals surface area (Å²) in [5, 5.41) is 30.1. The number of para-hydroxylation sites is 1. The molecule has 0 fully saturated rings. The molecule has 0 spiro atoms. The number of carboxylic acid groups (broad SMARTS) is 2. The molecule has 7 N–H and O–H groups in total. The van der Waals surface area contributed by atoms with Crippen molar-refractivity contribution in [2.75, 3.05) is 11.2 Å². The van der Waals surface area contributed by atoms with Crippen LogP contribution in [0.5, 0.6) is 0 Å². The zero-order chi connectivity index (χ0) is 29.8. The van der Waals surface area contributed by atoms with E-state index in [1.165, 1.54) is 12.1 Å². The third-order valence-electron chi connectivity index (χ3n) is 4.96. The highest BCUT2D eigenvalue weighted by atomic mass is 32.2. The van der Waals surface area contributed by atoms with E-state index in [9.17, 15) is 50.5 Å². The molecule has 208 valence electrons. The van der Waals surface area contributed by atoms with Gasteiger partial charge in [0.05, 0.1) is 27.4 Å². The number of nitrogens with two attached hydrogens (primary N) is 1. The first kappa shape index (κ1) is 29.5. The number of rotatable bonds is 9. The van der Waals surface area contributed by atoms with E-state index in [1.54, 1.807) is 18.2 Å². The fraction of sp³-hybridized carbons (Fsp3) is 0. The number of hydrazone groups is 1. The Bertz CT molecular complexity index is 1800. The molecule has 3 aromatic rings. The summed E-state index contributed by atoms with van der Waals surface area (Å²) in [6, 6.07) is 11.6. The summed E-state index contributed by atoms with van der Waals surface area (Å²) in [5.41, 5.74) is 4.51. The maximum absolute atomic E-state index is 13.3. The largest absolute Gasteiger partial charge is 0.478 e. The highest BCUT2D eigenvalue weighted by molar-refractivity contribution is 7.86. The summed E-state index contributed by atoms with van der Waals surface area (Å²) in [6.45, 7) is 0. The van der Waals surface area contributed by atoms with E-state index in [-0.39, 0.29) is 0 Å². The summed E-state index contributed by atoms with van der Waals surface area (Å²) >= 11 is 0. The SMILES string of the molecule is Nc1c(S(=O)(=O)O)ccc(C(=O)C(N=Nc2ccc(S(=O)(=O)O)cc2C(=O)O)=NNc2ccccc2)c1C(=O)O. The second-order valence-corrected chi connectivity index (χ2v) is 10.4. The first-order chi connectivity index (χ1) is 18.6. The zero-order valence-corrected chi connectivity index (χ0v) is 21.3. The van der Waals surface area contributed by atoms with Crippen LogP contribution in [0.1, 0.15) is 31.1 Å². The summed E-state index contributed by atoms with van der Waals surface area (Å²) in [5.74, 6) is -5.66. The molecule has 18 heteroatoms. The van der Waals surface area contributed by atoms with Crippen LogP contribution in [0.3, 0.4) is 0 Å². The normalized spacial score (nSPS) is 12.3. The van der Waals surface area contributed by atoms with Gasteiger partial charge in [-0.2, -0.15) is 16.8 Å². The number of carboxylic acids is 2. The van der Waals surface area contributed by atoms with E-state index in [0.29, 0.717) is 17.8 Å². The number of hydrogen-bond acceptors (Lipinski definition) is 11. The zero-order valence-electron chi connectivity index (χ0n) is 19.7. The number of carbonyl (C=O) groups excluding carboxylic acids is 1. The Balaban J connectivity index is 2.18. The lowest BCUT2D eigenvalue weighted by molar-refractivity contribution is 0.0685. The molecule has 0 aliphatic carbocycles. The molecule has 3 rings (SSSR count). The number of azo groups is 1. The number of nitrogens with one attached hydrogen (secondary N) is 1. The summed E-state index contributed by atoms with van der Waals surface area (Å²) in [6.07, 6.45) is 0. The molecule has 3 aromatic carbocycles.